The lowest BCUT2D eigenvalue weighted by Gasteiger charge is -2.21. The van der Waals surface area contributed by atoms with Crippen molar-refractivity contribution >= 4 is 12.1 Å². The Bertz CT molecular complexity index is 582. The minimum Gasteiger partial charge on any atom is -0.330 e. The molecule has 30 heavy (non-hydrogen) atoms. The highest BCUT2D eigenvalue weighted by molar-refractivity contribution is 5.78. The van der Waals surface area contributed by atoms with Crippen LogP contribution in [0.3, 0.4) is 0 Å². The van der Waals surface area contributed by atoms with Gasteiger partial charge in [-0.3, -0.25) is 4.79 Å². The van der Waals surface area contributed by atoms with E-state index in [0.29, 0.717) is 37.3 Å². The Morgan fingerprint density at radius 2 is 1.57 bits per heavy atom. The zero-order valence-corrected chi connectivity index (χ0v) is 20.1. The summed E-state index contributed by atoms with van der Waals surface area (Å²) < 4.78 is 29.1. The zero-order valence-electron chi connectivity index (χ0n) is 20.1. The summed E-state index contributed by atoms with van der Waals surface area (Å²) in [5.41, 5.74) is 6.59. The minimum absolute atomic E-state index is 0.0649. The highest BCUT2D eigenvalue weighted by Crippen LogP contribution is 2.32. The topological polar surface area (TPSA) is 60.2 Å². The van der Waals surface area contributed by atoms with Crippen LogP contribution in [0.4, 0.5) is 8.78 Å². The van der Waals surface area contributed by atoms with Crippen LogP contribution in [-0.2, 0) is 9.59 Å². The summed E-state index contributed by atoms with van der Waals surface area (Å²) in [6.45, 7) is 13.7. The Hall–Kier alpha value is -1.62. The number of carbonyl (C=O) groups excluding carboxylic acids is 2. The van der Waals surface area contributed by atoms with E-state index in [0.717, 1.165) is 25.5 Å². The molecule has 0 saturated heterocycles. The van der Waals surface area contributed by atoms with Crippen LogP contribution in [0.25, 0.3) is 0 Å². The molecule has 3 unspecified atom stereocenters. The SMILES string of the molecule is CC.CC=O.CCCC(CN)CC(C)c1cc(F)c(C(C)CCC(=O)CC)c(F)c1. The Kier molecular flexibility index (Phi) is 18.5. The molecular weight excluding hydrogens is 384 g/mol. The van der Waals surface area contributed by atoms with Gasteiger partial charge in [-0.15, -0.1) is 0 Å². The third-order valence-electron chi connectivity index (χ3n) is 5.13. The molecule has 1 aromatic rings. The zero-order chi connectivity index (χ0) is 23.7. The summed E-state index contributed by atoms with van der Waals surface area (Å²) in [6.07, 6.45) is 4.99. The van der Waals surface area contributed by atoms with Gasteiger partial charge in [-0.2, -0.15) is 0 Å². The molecule has 1 aromatic carbocycles. The molecule has 0 aliphatic rings. The first-order chi connectivity index (χ1) is 14.2. The van der Waals surface area contributed by atoms with Gasteiger partial charge >= 0.3 is 0 Å². The molecule has 0 fully saturated rings. The number of Topliss-reactive ketones (excluding diaryl/α,β-unsaturated/α-hetero) is 1. The predicted octanol–water partition coefficient (Wildman–Crippen LogP) is 6.93. The van der Waals surface area contributed by atoms with E-state index in [1.807, 2.05) is 20.8 Å². The van der Waals surface area contributed by atoms with Gasteiger partial charge in [0, 0.05) is 18.4 Å². The van der Waals surface area contributed by atoms with Crippen molar-refractivity contribution in [3.8, 4) is 0 Å². The van der Waals surface area contributed by atoms with E-state index >= 15 is 0 Å². The molecule has 0 spiro atoms. The van der Waals surface area contributed by atoms with Crippen molar-refractivity contribution in [2.24, 2.45) is 11.7 Å². The van der Waals surface area contributed by atoms with Crippen LogP contribution < -0.4 is 5.73 Å². The third-order valence-corrected chi connectivity index (χ3v) is 5.13. The fourth-order valence-corrected chi connectivity index (χ4v) is 3.43. The first-order valence-electron chi connectivity index (χ1n) is 11.4. The van der Waals surface area contributed by atoms with Crippen LogP contribution in [0, 0.1) is 17.6 Å². The van der Waals surface area contributed by atoms with Crippen LogP contribution in [-0.4, -0.2) is 18.6 Å². The lowest BCUT2D eigenvalue weighted by molar-refractivity contribution is -0.119. The van der Waals surface area contributed by atoms with Crippen molar-refractivity contribution in [1.82, 2.24) is 0 Å². The molecule has 0 aromatic heterocycles. The standard InChI is InChI=1S/C21H33F2NO.C2H4O.C2H6/c1-5-7-16(13-24)10-15(4)17-11-19(22)21(20(23)12-17)14(3)8-9-18(25)6-2;1-2-3;1-2/h11-12,14-16H,5-10,13,24H2,1-4H3;2H,1H3;1-2H3. The maximum atomic E-state index is 14.5. The number of carbonyl (C=O) groups is 2. The summed E-state index contributed by atoms with van der Waals surface area (Å²) in [4.78, 5) is 20.3. The Balaban J connectivity index is 0. The van der Waals surface area contributed by atoms with Crippen LogP contribution >= 0.6 is 0 Å². The van der Waals surface area contributed by atoms with Crippen molar-refractivity contribution < 1.29 is 18.4 Å². The molecule has 2 N–H and O–H groups in total. The van der Waals surface area contributed by atoms with Crippen LogP contribution in [0.2, 0.25) is 0 Å². The Morgan fingerprint density at radius 1 is 1.07 bits per heavy atom. The number of halogens is 2. The number of aldehydes is 1. The van der Waals surface area contributed by atoms with Gasteiger partial charge in [-0.25, -0.2) is 8.78 Å². The van der Waals surface area contributed by atoms with Crippen LogP contribution in [0.15, 0.2) is 12.1 Å². The highest BCUT2D eigenvalue weighted by atomic mass is 19.1. The van der Waals surface area contributed by atoms with Gasteiger partial charge in [0.2, 0.25) is 0 Å². The van der Waals surface area contributed by atoms with Gasteiger partial charge in [-0.05, 0) is 68.2 Å². The van der Waals surface area contributed by atoms with Crippen LogP contribution in [0.5, 0.6) is 0 Å². The average Bonchev–Trinajstić information content (AvgIpc) is 2.72. The molecule has 0 heterocycles. The van der Waals surface area contributed by atoms with Gasteiger partial charge in [0.05, 0.1) is 0 Å². The maximum Gasteiger partial charge on any atom is 0.132 e. The molecule has 3 atom stereocenters. The van der Waals surface area contributed by atoms with E-state index in [-0.39, 0.29) is 23.2 Å². The third kappa shape index (κ3) is 11.5. The molecule has 0 aliphatic carbocycles. The Labute approximate surface area is 182 Å². The van der Waals surface area contributed by atoms with E-state index < -0.39 is 11.6 Å². The highest BCUT2D eigenvalue weighted by Gasteiger charge is 2.21. The first-order valence-corrected chi connectivity index (χ1v) is 11.4. The monoisotopic (exact) mass is 427 g/mol. The Morgan fingerprint density at radius 3 is 1.97 bits per heavy atom. The van der Waals surface area contributed by atoms with Crippen molar-refractivity contribution in [1.29, 1.82) is 0 Å². The van der Waals surface area contributed by atoms with E-state index in [4.69, 9.17) is 10.5 Å². The van der Waals surface area contributed by atoms with Crippen molar-refractivity contribution in [2.45, 2.75) is 98.8 Å². The molecule has 5 heteroatoms. The van der Waals surface area contributed by atoms with Crippen molar-refractivity contribution in [2.75, 3.05) is 6.54 Å². The van der Waals surface area contributed by atoms with E-state index in [1.54, 1.807) is 13.8 Å². The number of rotatable bonds is 11. The van der Waals surface area contributed by atoms with Gasteiger partial charge in [0.1, 0.15) is 23.7 Å². The summed E-state index contributed by atoms with van der Waals surface area (Å²) in [5, 5.41) is 0. The van der Waals surface area contributed by atoms with Gasteiger partial charge in [0.25, 0.3) is 0 Å². The van der Waals surface area contributed by atoms with E-state index in [1.165, 1.54) is 19.1 Å². The number of hydrogen-bond donors (Lipinski definition) is 1. The lowest BCUT2D eigenvalue weighted by Crippen LogP contribution is -2.17. The predicted molar refractivity (Wildman–Crippen MR) is 123 cm³/mol. The fourth-order valence-electron chi connectivity index (χ4n) is 3.43. The lowest BCUT2D eigenvalue weighted by atomic mass is 9.86. The molecular formula is C25H43F2NO2. The second kappa shape index (κ2) is 18.2. The summed E-state index contributed by atoms with van der Waals surface area (Å²) in [6, 6.07) is 2.92. The van der Waals surface area contributed by atoms with E-state index in [9.17, 15) is 13.6 Å². The number of ketones is 1. The summed E-state index contributed by atoms with van der Waals surface area (Å²) in [5.74, 6) is -0.741. The second-order valence-electron chi connectivity index (χ2n) is 7.49. The normalized spacial score (nSPS) is 13.1. The smallest absolute Gasteiger partial charge is 0.132 e. The molecule has 174 valence electrons. The minimum atomic E-state index is -0.502. The van der Waals surface area contributed by atoms with Gasteiger partial charge in [-0.1, -0.05) is 48.0 Å². The van der Waals surface area contributed by atoms with E-state index in [2.05, 4.69) is 6.92 Å². The fraction of sp³-hybridized carbons (Fsp3) is 0.680. The molecule has 0 radical (unpaired) electrons. The number of hydrogen-bond acceptors (Lipinski definition) is 3. The summed E-state index contributed by atoms with van der Waals surface area (Å²) in [7, 11) is 0. The average molecular weight is 428 g/mol. The second-order valence-corrected chi connectivity index (χ2v) is 7.49. The quantitative estimate of drug-likeness (QED) is 0.390. The number of nitrogens with two attached hydrogens (primary N) is 1. The van der Waals surface area contributed by atoms with Crippen LogP contribution in [0.1, 0.15) is 110 Å². The molecule has 0 aliphatic heterocycles. The maximum absolute atomic E-state index is 14.5. The largest absolute Gasteiger partial charge is 0.330 e. The van der Waals surface area contributed by atoms with Gasteiger partial charge in [0.15, 0.2) is 0 Å². The molecule has 0 amide bonds. The molecule has 0 saturated carbocycles. The molecule has 3 nitrogen and oxygen atoms in total. The number of benzene rings is 1. The van der Waals surface area contributed by atoms with Crippen molar-refractivity contribution in [3.05, 3.63) is 34.9 Å². The summed E-state index contributed by atoms with van der Waals surface area (Å²) >= 11 is 0. The first kappa shape index (κ1) is 30.6. The molecule has 1 rings (SSSR count). The van der Waals surface area contributed by atoms with Gasteiger partial charge < -0.3 is 10.5 Å². The molecule has 0 bridgehead atoms. The van der Waals surface area contributed by atoms with Crippen molar-refractivity contribution in [3.63, 3.8) is 0 Å².